The van der Waals surface area contributed by atoms with E-state index in [1.807, 2.05) is 7.05 Å². The Labute approximate surface area is 163 Å². The molecule has 2 heterocycles. The first-order valence-electron chi connectivity index (χ1n) is 9.84. The maximum atomic E-state index is 11.7. The molecule has 150 valence electrons. The zero-order valence-electron chi connectivity index (χ0n) is 16.6. The Kier molecular flexibility index (Phi) is 6.42. The molecule has 3 atom stereocenters. The molecule has 0 radical (unpaired) electrons. The van der Waals surface area contributed by atoms with E-state index < -0.39 is 10.0 Å². The number of piperidine rings is 1. The summed E-state index contributed by atoms with van der Waals surface area (Å²) >= 11 is 0. The molecule has 0 bridgehead atoms. The molecule has 3 rings (SSSR count). The molecule has 2 aliphatic rings. The lowest BCUT2D eigenvalue weighted by Crippen LogP contribution is -2.49. The van der Waals surface area contributed by atoms with Gasteiger partial charge < -0.3 is 10.2 Å². The van der Waals surface area contributed by atoms with E-state index in [1.54, 1.807) is 4.31 Å². The topological polar surface area (TPSA) is 65.0 Å². The number of rotatable bonds is 4. The molecule has 1 aromatic rings. The third-order valence-electron chi connectivity index (χ3n) is 5.91. The molecule has 3 unspecified atom stereocenters. The van der Waals surface area contributed by atoms with Gasteiger partial charge in [-0.05, 0) is 36.2 Å². The van der Waals surface area contributed by atoms with Gasteiger partial charge in [0.1, 0.15) is 0 Å². The van der Waals surface area contributed by atoms with Crippen molar-refractivity contribution in [3.63, 3.8) is 0 Å². The highest BCUT2D eigenvalue weighted by Gasteiger charge is 2.31. The van der Waals surface area contributed by atoms with E-state index in [4.69, 9.17) is 0 Å². The number of nitrogens with one attached hydrogen (secondary N) is 1. The maximum Gasteiger partial charge on any atom is 0.211 e. The van der Waals surface area contributed by atoms with Crippen molar-refractivity contribution in [3.8, 4) is 0 Å². The third kappa shape index (κ3) is 5.02. The van der Waals surface area contributed by atoms with E-state index in [-0.39, 0.29) is 0 Å². The van der Waals surface area contributed by atoms with Crippen molar-refractivity contribution in [2.45, 2.75) is 25.7 Å². The molecule has 0 saturated carbocycles. The Morgan fingerprint density at radius 3 is 2.52 bits per heavy atom. The average molecular weight is 393 g/mol. The highest BCUT2D eigenvalue weighted by atomic mass is 32.2. The summed E-state index contributed by atoms with van der Waals surface area (Å²) in [6.07, 6.45) is 3.32. The SMILES string of the molecule is CN=C(NCC1CCN(S(C)(=O)=O)C1)N1CCC(c2ccccc2)C(C)C1. The van der Waals surface area contributed by atoms with Crippen LogP contribution >= 0.6 is 0 Å². The van der Waals surface area contributed by atoms with Gasteiger partial charge in [-0.1, -0.05) is 37.3 Å². The number of guanidine groups is 1. The van der Waals surface area contributed by atoms with Crippen molar-refractivity contribution >= 4 is 16.0 Å². The van der Waals surface area contributed by atoms with Gasteiger partial charge in [0.05, 0.1) is 6.26 Å². The first-order valence-corrected chi connectivity index (χ1v) is 11.7. The fraction of sp³-hybridized carbons (Fsp3) is 0.650. The summed E-state index contributed by atoms with van der Waals surface area (Å²) in [5, 5.41) is 3.48. The standard InChI is InChI=1S/C20H32N4O2S/c1-16-14-23(11-10-19(16)18-7-5-4-6-8-18)20(21-2)22-13-17-9-12-24(15-17)27(3,25)26/h4-8,16-17,19H,9-15H2,1-3H3,(H,21,22). The summed E-state index contributed by atoms with van der Waals surface area (Å²) in [6, 6.07) is 10.8. The Bertz CT molecular complexity index is 751. The summed E-state index contributed by atoms with van der Waals surface area (Å²) < 4.78 is 24.9. The highest BCUT2D eigenvalue weighted by molar-refractivity contribution is 7.88. The first kappa shape index (κ1) is 20.1. The monoisotopic (exact) mass is 392 g/mol. The van der Waals surface area contributed by atoms with Gasteiger partial charge in [0.15, 0.2) is 5.96 Å². The van der Waals surface area contributed by atoms with Crippen molar-refractivity contribution < 1.29 is 8.42 Å². The summed E-state index contributed by atoms with van der Waals surface area (Å²) in [5.41, 5.74) is 1.43. The number of hydrogen-bond acceptors (Lipinski definition) is 3. The minimum Gasteiger partial charge on any atom is -0.356 e. The molecule has 2 saturated heterocycles. The van der Waals surface area contributed by atoms with E-state index in [9.17, 15) is 8.42 Å². The molecule has 6 nitrogen and oxygen atoms in total. The summed E-state index contributed by atoms with van der Waals surface area (Å²) in [4.78, 5) is 6.81. The van der Waals surface area contributed by atoms with Crippen LogP contribution in [-0.2, 0) is 10.0 Å². The largest absolute Gasteiger partial charge is 0.356 e. The van der Waals surface area contributed by atoms with Gasteiger partial charge >= 0.3 is 0 Å². The van der Waals surface area contributed by atoms with Crippen LogP contribution in [0.4, 0.5) is 0 Å². The van der Waals surface area contributed by atoms with Crippen LogP contribution in [-0.4, -0.2) is 69.6 Å². The predicted octanol–water partition coefficient (Wildman–Crippen LogP) is 1.97. The number of aliphatic imine (C=N–C) groups is 1. The van der Waals surface area contributed by atoms with Gasteiger partial charge in [-0.3, -0.25) is 4.99 Å². The van der Waals surface area contributed by atoms with Crippen molar-refractivity contribution in [3.05, 3.63) is 35.9 Å². The molecule has 1 aromatic carbocycles. The number of hydrogen-bond donors (Lipinski definition) is 1. The fourth-order valence-electron chi connectivity index (χ4n) is 4.37. The number of benzene rings is 1. The lowest BCUT2D eigenvalue weighted by molar-refractivity contribution is 0.234. The first-order chi connectivity index (χ1) is 12.9. The van der Waals surface area contributed by atoms with Crippen LogP contribution in [0.15, 0.2) is 35.3 Å². The Hall–Kier alpha value is -1.60. The van der Waals surface area contributed by atoms with Gasteiger partial charge in [-0.2, -0.15) is 0 Å². The second-order valence-corrected chi connectivity index (χ2v) is 9.92. The average Bonchev–Trinajstić information content (AvgIpc) is 3.12. The van der Waals surface area contributed by atoms with Crippen LogP contribution in [0.3, 0.4) is 0 Å². The second kappa shape index (κ2) is 8.61. The van der Waals surface area contributed by atoms with Crippen LogP contribution in [0.5, 0.6) is 0 Å². The number of likely N-dealkylation sites (tertiary alicyclic amines) is 1. The van der Waals surface area contributed by atoms with Gasteiger partial charge in [0.25, 0.3) is 0 Å². The zero-order valence-corrected chi connectivity index (χ0v) is 17.5. The minimum absolute atomic E-state index is 0.343. The minimum atomic E-state index is -3.07. The molecule has 0 amide bonds. The third-order valence-corrected chi connectivity index (χ3v) is 7.18. The smallest absolute Gasteiger partial charge is 0.211 e. The van der Waals surface area contributed by atoms with Crippen molar-refractivity contribution in [1.82, 2.24) is 14.5 Å². The van der Waals surface area contributed by atoms with Crippen molar-refractivity contribution in [2.75, 3.05) is 46.0 Å². The normalized spacial score (nSPS) is 27.7. The van der Waals surface area contributed by atoms with Crippen LogP contribution in [0.1, 0.15) is 31.2 Å². The lowest BCUT2D eigenvalue weighted by Gasteiger charge is -2.39. The number of nitrogens with zero attached hydrogens (tertiary/aromatic N) is 3. The fourth-order valence-corrected chi connectivity index (χ4v) is 5.28. The summed E-state index contributed by atoms with van der Waals surface area (Å²) in [7, 11) is -1.25. The van der Waals surface area contributed by atoms with Gasteiger partial charge in [-0.15, -0.1) is 0 Å². The molecule has 7 heteroatoms. The molecular formula is C20H32N4O2S. The van der Waals surface area contributed by atoms with Crippen molar-refractivity contribution in [2.24, 2.45) is 16.8 Å². The molecule has 0 aromatic heterocycles. The molecule has 2 fully saturated rings. The van der Waals surface area contributed by atoms with Gasteiger partial charge in [-0.25, -0.2) is 12.7 Å². The van der Waals surface area contributed by atoms with Gasteiger partial charge in [0, 0.05) is 39.8 Å². The maximum absolute atomic E-state index is 11.7. The zero-order chi connectivity index (χ0) is 19.4. The van der Waals surface area contributed by atoms with Crippen LogP contribution in [0.2, 0.25) is 0 Å². The number of sulfonamides is 1. The Balaban J connectivity index is 1.52. The molecule has 0 spiro atoms. The Morgan fingerprint density at radius 2 is 1.93 bits per heavy atom. The second-order valence-electron chi connectivity index (χ2n) is 7.93. The quantitative estimate of drug-likeness (QED) is 0.628. The van der Waals surface area contributed by atoms with E-state index in [0.29, 0.717) is 30.8 Å². The van der Waals surface area contributed by atoms with E-state index in [1.165, 1.54) is 11.8 Å². The molecular weight excluding hydrogens is 360 g/mol. The van der Waals surface area contributed by atoms with E-state index in [0.717, 1.165) is 38.4 Å². The predicted molar refractivity (Wildman–Crippen MR) is 110 cm³/mol. The summed E-state index contributed by atoms with van der Waals surface area (Å²) in [6.45, 7) is 6.30. The molecule has 1 N–H and O–H groups in total. The molecule has 27 heavy (non-hydrogen) atoms. The Morgan fingerprint density at radius 1 is 1.19 bits per heavy atom. The van der Waals surface area contributed by atoms with Gasteiger partial charge in [0.2, 0.25) is 10.0 Å². The van der Waals surface area contributed by atoms with Crippen molar-refractivity contribution in [1.29, 1.82) is 0 Å². The van der Waals surface area contributed by atoms with Crippen LogP contribution in [0.25, 0.3) is 0 Å². The van der Waals surface area contributed by atoms with Crippen LogP contribution < -0.4 is 5.32 Å². The molecule has 0 aliphatic carbocycles. The molecule has 2 aliphatic heterocycles. The highest BCUT2D eigenvalue weighted by Crippen LogP contribution is 2.32. The lowest BCUT2D eigenvalue weighted by atomic mass is 9.82. The summed E-state index contributed by atoms with van der Waals surface area (Å²) in [5.74, 6) is 2.44. The van der Waals surface area contributed by atoms with E-state index >= 15 is 0 Å². The van der Waals surface area contributed by atoms with Crippen LogP contribution in [0, 0.1) is 11.8 Å². The van der Waals surface area contributed by atoms with E-state index in [2.05, 4.69) is 52.5 Å².